The van der Waals surface area contributed by atoms with Gasteiger partial charge in [0.1, 0.15) is 4.60 Å². The molecule has 1 aromatic heterocycles. The SMILES string of the molecule is C=C(C)CN(CC)C(=O)COc1cccnc1Br. The van der Waals surface area contributed by atoms with Crippen molar-refractivity contribution < 1.29 is 9.53 Å². The lowest BCUT2D eigenvalue weighted by molar-refractivity contribution is -0.132. The number of rotatable bonds is 6. The molecular weight excluding hydrogens is 296 g/mol. The molecule has 1 rings (SSSR count). The number of hydrogen-bond acceptors (Lipinski definition) is 3. The van der Waals surface area contributed by atoms with Gasteiger partial charge in [0.2, 0.25) is 0 Å². The Morgan fingerprint density at radius 3 is 2.89 bits per heavy atom. The Labute approximate surface area is 116 Å². The van der Waals surface area contributed by atoms with Crippen LogP contribution in [-0.4, -0.2) is 35.5 Å². The van der Waals surface area contributed by atoms with Crippen molar-refractivity contribution >= 4 is 21.8 Å². The molecule has 0 unspecified atom stereocenters. The second-order valence-corrected chi connectivity index (χ2v) is 4.70. The first-order chi connectivity index (χ1) is 8.54. The minimum atomic E-state index is -0.0590. The number of aromatic nitrogens is 1. The van der Waals surface area contributed by atoms with E-state index in [0.29, 0.717) is 23.4 Å². The van der Waals surface area contributed by atoms with Crippen molar-refractivity contribution in [2.45, 2.75) is 13.8 Å². The number of nitrogens with zero attached hydrogens (tertiary/aromatic N) is 2. The summed E-state index contributed by atoms with van der Waals surface area (Å²) in [7, 11) is 0. The Morgan fingerprint density at radius 2 is 2.33 bits per heavy atom. The number of carbonyl (C=O) groups is 1. The molecule has 0 saturated heterocycles. The minimum Gasteiger partial charge on any atom is -0.481 e. The van der Waals surface area contributed by atoms with Gasteiger partial charge in [-0.3, -0.25) is 4.79 Å². The second kappa shape index (κ2) is 7.16. The van der Waals surface area contributed by atoms with Crippen molar-refractivity contribution in [3.8, 4) is 5.75 Å². The zero-order valence-electron chi connectivity index (χ0n) is 10.6. The molecule has 0 aliphatic rings. The summed E-state index contributed by atoms with van der Waals surface area (Å²) in [5, 5.41) is 0. The summed E-state index contributed by atoms with van der Waals surface area (Å²) in [6.45, 7) is 8.84. The van der Waals surface area contributed by atoms with E-state index in [4.69, 9.17) is 4.74 Å². The molecule has 0 fully saturated rings. The Balaban J connectivity index is 2.54. The van der Waals surface area contributed by atoms with Crippen LogP contribution >= 0.6 is 15.9 Å². The van der Waals surface area contributed by atoms with Crippen molar-refractivity contribution in [2.75, 3.05) is 19.7 Å². The van der Waals surface area contributed by atoms with Crippen LogP contribution in [0.15, 0.2) is 35.1 Å². The summed E-state index contributed by atoms with van der Waals surface area (Å²) in [4.78, 5) is 17.6. The molecule has 1 aromatic rings. The number of carbonyl (C=O) groups excluding carboxylic acids is 1. The minimum absolute atomic E-state index is 0.00537. The summed E-state index contributed by atoms with van der Waals surface area (Å²) >= 11 is 3.27. The molecule has 0 atom stereocenters. The van der Waals surface area contributed by atoms with Gasteiger partial charge in [-0.1, -0.05) is 12.2 Å². The number of pyridine rings is 1. The highest BCUT2D eigenvalue weighted by atomic mass is 79.9. The molecule has 0 aliphatic heterocycles. The lowest BCUT2D eigenvalue weighted by Crippen LogP contribution is -2.35. The van der Waals surface area contributed by atoms with Gasteiger partial charge in [0.25, 0.3) is 5.91 Å². The maximum absolute atomic E-state index is 11.9. The highest BCUT2D eigenvalue weighted by Gasteiger charge is 2.13. The maximum Gasteiger partial charge on any atom is 0.260 e. The number of ether oxygens (including phenoxy) is 1. The Hall–Kier alpha value is -1.36. The Bertz CT molecular complexity index is 435. The largest absolute Gasteiger partial charge is 0.481 e. The van der Waals surface area contributed by atoms with Gasteiger partial charge in [-0.2, -0.15) is 0 Å². The van der Waals surface area contributed by atoms with Crippen LogP contribution in [0.2, 0.25) is 0 Å². The molecule has 4 nitrogen and oxygen atoms in total. The van der Waals surface area contributed by atoms with Crippen LogP contribution in [-0.2, 0) is 4.79 Å². The van der Waals surface area contributed by atoms with Crippen LogP contribution in [0.25, 0.3) is 0 Å². The molecule has 0 N–H and O–H groups in total. The van der Waals surface area contributed by atoms with E-state index in [-0.39, 0.29) is 12.5 Å². The first kappa shape index (κ1) is 14.7. The molecule has 0 saturated carbocycles. The predicted molar refractivity (Wildman–Crippen MR) is 74.5 cm³/mol. The normalized spacial score (nSPS) is 9.94. The first-order valence-electron chi connectivity index (χ1n) is 5.70. The zero-order valence-corrected chi connectivity index (χ0v) is 12.2. The molecular formula is C13H17BrN2O2. The number of hydrogen-bond donors (Lipinski definition) is 0. The fraction of sp³-hybridized carbons (Fsp3) is 0.385. The quantitative estimate of drug-likeness (QED) is 0.599. The number of amides is 1. The third kappa shape index (κ3) is 4.49. The number of likely N-dealkylation sites (N-methyl/N-ethyl adjacent to an activating group) is 1. The lowest BCUT2D eigenvalue weighted by Gasteiger charge is -2.21. The lowest BCUT2D eigenvalue weighted by atomic mass is 10.3. The van der Waals surface area contributed by atoms with Gasteiger partial charge in [-0.15, -0.1) is 0 Å². The van der Waals surface area contributed by atoms with E-state index in [1.807, 2.05) is 13.8 Å². The van der Waals surface area contributed by atoms with Gasteiger partial charge in [-0.25, -0.2) is 4.98 Å². The molecule has 0 radical (unpaired) electrons. The van der Waals surface area contributed by atoms with Crippen LogP contribution in [0.1, 0.15) is 13.8 Å². The summed E-state index contributed by atoms with van der Waals surface area (Å²) < 4.78 is 6.03. The van der Waals surface area contributed by atoms with E-state index in [1.165, 1.54) is 0 Å². The molecule has 0 aromatic carbocycles. The summed E-state index contributed by atoms with van der Waals surface area (Å²) in [6, 6.07) is 3.52. The van der Waals surface area contributed by atoms with Crippen molar-refractivity contribution in [1.82, 2.24) is 9.88 Å². The molecule has 0 aliphatic carbocycles. The van der Waals surface area contributed by atoms with E-state index in [2.05, 4.69) is 27.5 Å². The summed E-state index contributed by atoms with van der Waals surface area (Å²) in [6.07, 6.45) is 1.65. The molecule has 1 heterocycles. The van der Waals surface area contributed by atoms with Crippen molar-refractivity contribution in [3.05, 3.63) is 35.1 Å². The summed E-state index contributed by atoms with van der Waals surface area (Å²) in [5.41, 5.74) is 0.952. The molecule has 5 heteroatoms. The van der Waals surface area contributed by atoms with Gasteiger partial charge in [0.05, 0.1) is 0 Å². The second-order valence-electron chi connectivity index (χ2n) is 3.95. The average molecular weight is 313 g/mol. The Kier molecular flexibility index (Phi) is 5.85. The van der Waals surface area contributed by atoms with Crippen LogP contribution in [0.5, 0.6) is 5.75 Å². The van der Waals surface area contributed by atoms with Gasteiger partial charge < -0.3 is 9.64 Å². The van der Waals surface area contributed by atoms with Crippen LogP contribution in [0, 0.1) is 0 Å². The van der Waals surface area contributed by atoms with E-state index >= 15 is 0 Å². The van der Waals surface area contributed by atoms with Gasteiger partial charge in [-0.05, 0) is 41.9 Å². The van der Waals surface area contributed by atoms with Gasteiger partial charge in [0, 0.05) is 19.3 Å². The molecule has 0 spiro atoms. The predicted octanol–water partition coefficient (Wildman–Crippen LogP) is 2.65. The molecule has 0 bridgehead atoms. The monoisotopic (exact) mass is 312 g/mol. The van der Waals surface area contributed by atoms with Crippen molar-refractivity contribution in [3.63, 3.8) is 0 Å². The zero-order chi connectivity index (χ0) is 13.5. The highest BCUT2D eigenvalue weighted by molar-refractivity contribution is 9.10. The summed E-state index contributed by atoms with van der Waals surface area (Å²) in [5.74, 6) is 0.508. The van der Waals surface area contributed by atoms with Gasteiger partial charge >= 0.3 is 0 Å². The van der Waals surface area contributed by atoms with E-state index in [0.717, 1.165) is 5.57 Å². The third-order valence-corrected chi connectivity index (χ3v) is 2.87. The van der Waals surface area contributed by atoms with E-state index in [9.17, 15) is 4.79 Å². The molecule has 1 amide bonds. The van der Waals surface area contributed by atoms with Crippen LogP contribution in [0.3, 0.4) is 0 Å². The Morgan fingerprint density at radius 1 is 1.61 bits per heavy atom. The molecule has 18 heavy (non-hydrogen) atoms. The fourth-order valence-electron chi connectivity index (χ4n) is 1.41. The third-order valence-electron chi connectivity index (χ3n) is 2.27. The highest BCUT2D eigenvalue weighted by Crippen LogP contribution is 2.20. The number of halogens is 1. The topological polar surface area (TPSA) is 42.4 Å². The van der Waals surface area contributed by atoms with Crippen LogP contribution < -0.4 is 4.74 Å². The van der Waals surface area contributed by atoms with Crippen molar-refractivity contribution in [1.29, 1.82) is 0 Å². The standard InChI is InChI=1S/C13H17BrN2O2/c1-4-16(8-10(2)3)12(17)9-18-11-6-5-7-15-13(11)14/h5-7H,2,4,8-9H2,1,3H3. The van der Waals surface area contributed by atoms with Crippen LogP contribution in [0.4, 0.5) is 0 Å². The maximum atomic E-state index is 11.9. The van der Waals surface area contributed by atoms with Gasteiger partial charge in [0.15, 0.2) is 12.4 Å². The molecule has 98 valence electrons. The van der Waals surface area contributed by atoms with E-state index in [1.54, 1.807) is 23.2 Å². The first-order valence-corrected chi connectivity index (χ1v) is 6.49. The van der Waals surface area contributed by atoms with E-state index < -0.39 is 0 Å². The smallest absolute Gasteiger partial charge is 0.260 e. The average Bonchev–Trinajstić information content (AvgIpc) is 2.34. The van der Waals surface area contributed by atoms with Crippen molar-refractivity contribution in [2.24, 2.45) is 0 Å². The fourth-order valence-corrected chi connectivity index (χ4v) is 1.78.